The molecule has 15 heavy (non-hydrogen) atoms. The fourth-order valence-corrected chi connectivity index (χ4v) is 1.27. The summed E-state index contributed by atoms with van der Waals surface area (Å²) in [6.45, 7) is 4.28. The van der Waals surface area contributed by atoms with Gasteiger partial charge in [-0.3, -0.25) is 11.3 Å². The molecule has 1 atom stereocenters. The topological polar surface area (TPSA) is 67.5 Å². The maximum atomic E-state index is 9.61. The van der Waals surface area contributed by atoms with Gasteiger partial charge in [-0.05, 0) is 31.5 Å². The maximum absolute atomic E-state index is 9.61. The molecule has 0 saturated heterocycles. The Kier molecular flexibility index (Phi) is 4.55. The molecule has 0 amide bonds. The van der Waals surface area contributed by atoms with Gasteiger partial charge in [0.1, 0.15) is 5.75 Å². The molecule has 0 aliphatic carbocycles. The predicted molar refractivity (Wildman–Crippen MR) is 59.4 cm³/mol. The number of rotatable bonds is 5. The molecule has 1 unspecified atom stereocenters. The molecule has 0 aliphatic rings. The third kappa shape index (κ3) is 3.87. The van der Waals surface area contributed by atoms with Crippen molar-refractivity contribution in [2.45, 2.75) is 26.1 Å². The van der Waals surface area contributed by atoms with Crippen molar-refractivity contribution in [1.82, 2.24) is 5.43 Å². The lowest BCUT2D eigenvalue weighted by Crippen LogP contribution is -2.27. The Morgan fingerprint density at radius 1 is 1.33 bits per heavy atom. The Morgan fingerprint density at radius 2 is 1.93 bits per heavy atom. The first kappa shape index (κ1) is 12.0. The highest BCUT2D eigenvalue weighted by Crippen LogP contribution is 2.18. The van der Waals surface area contributed by atoms with Crippen LogP contribution in [0.4, 0.5) is 0 Å². The summed E-state index contributed by atoms with van der Waals surface area (Å²) in [6.07, 6.45) is -0.422. The van der Waals surface area contributed by atoms with Crippen molar-refractivity contribution in [2.24, 2.45) is 5.84 Å². The molecule has 1 aromatic rings. The molecule has 0 bridgehead atoms. The number of nitrogens with one attached hydrogen (secondary N) is 1. The van der Waals surface area contributed by atoms with Crippen molar-refractivity contribution >= 4 is 0 Å². The van der Waals surface area contributed by atoms with Crippen LogP contribution >= 0.6 is 0 Å². The van der Waals surface area contributed by atoms with E-state index in [4.69, 9.17) is 10.6 Å². The van der Waals surface area contributed by atoms with Gasteiger partial charge in [-0.15, -0.1) is 0 Å². The number of hydrazine groups is 1. The molecule has 0 saturated carbocycles. The van der Waals surface area contributed by atoms with Gasteiger partial charge in [0.2, 0.25) is 0 Å². The average molecular weight is 210 g/mol. The van der Waals surface area contributed by atoms with Gasteiger partial charge in [-0.25, -0.2) is 0 Å². The number of nitrogens with two attached hydrogens (primary N) is 1. The molecule has 4 heteroatoms. The molecular formula is C11H18N2O2. The average Bonchev–Trinajstić information content (AvgIpc) is 2.18. The number of benzene rings is 1. The standard InChI is InChI=1S/C11H18N2O2/c1-8(2)15-10-5-3-9(4-6-10)11(14)7-13-12/h3-6,8,11,13-14H,7,12H2,1-2H3. The molecule has 4 nitrogen and oxygen atoms in total. The van der Waals surface area contributed by atoms with E-state index in [0.717, 1.165) is 11.3 Å². The molecule has 4 N–H and O–H groups in total. The van der Waals surface area contributed by atoms with E-state index >= 15 is 0 Å². The molecule has 0 heterocycles. The molecule has 0 radical (unpaired) electrons. The van der Waals surface area contributed by atoms with Gasteiger partial charge in [-0.1, -0.05) is 12.1 Å². The number of hydrogen-bond acceptors (Lipinski definition) is 4. The van der Waals surface area contributed by atoms with Crippen molar-refractivity contribution in [2.75, 3.05) is 6.54 Å². The van der Waals surface area contributed by atoms with Crippen LogP contribution < -0.4 is 16.0 Å². The van der Waals surface area contributed by atoms with Gasteiger partial charge in [-0.2, -0.15) is 0 Å². The summed E-state index contributed by atoms with van der Waals surface area (Å²) in [7, 11) is 0. The summed E-state index contributed by atoms with van der Waals surface area (Å²) in [6, 6.07) is 7.35. The van der Waals surface area contributed by atoms with Crippen LogP contribution in [-0.4, -0.2) is 17.8 Å². The number of aliphatic hydroxyl groups is 1. The van der Waals surface area contributed by atoms with E-state index in [-0.39, 0.29) is 6.10 Å². The molecule has 1 aromatic carbocycles. The minimum atomic E-state index is -0.580. The fourth-order valence-electron chi connectivity index (χ4n) is 1.27. The van der Waals surface area contributed by atoms with Crippen molar-refractivity contribution in [3.8, 4) is 5.75 Å². The predicted octanol–water partition coefficient (Wildman–Crippen LogP) is 0.970. The second-order valence-corrected chi connectivity index (χ2v) is 3.66. The minimum absolute atomic E-state index is 0.159. The van der Waals surface area contributed by atoms with Gasteiger partial charge >= 0.3 is 0 Å². The van der Waals surface area contributed by atoms with E-state index < -0.39 is 6.10 Å². The van der Waals surface area contributed by atoms with Gasteiger partial charge in [0.15, 0.2) is 0 Å². The van der Waals surface area contributed by atoms with Crippen molar-refractivity contribution in [3.63, 3.8) is 0 Å². The highest BCUT2D eigenvalue weighted by atomic mass is 16.5. The normalized spacial score (nSPS) is 12.9. The van der Waals surface area contributed by atoms with Crippen LogP contribution in [0.1, 0.15) is 25.5 Å². The zero-order chi connectivity index (χ0) is 11.3. The zero-order valence-corrected chi connectivity index (χ0v) is 9.10. The second kappa shape index (κ2) is 5.70. The molecule has 84 valence electrons. The highest BCUT2D eigenvalue weighted by molar-refractivity contribution is 5.28. The van der Waals surface area contributed by atoms with Crippen LogP contribution in [0, 0.1) is 0 Å². The Labute approximate surface area is 90.0 Å². The van der Waals surface area contributed by atoms with Gasteiger partial charge in [0.05, 0.1) is 12.2 Å². The molecule has 0 aliphatic heterocycles. The van der Waals surface area contributed by atoms with E-state index in [1.165, 1.54) is 0 Å². The van der Waals surface area contributed by atoms with Gasteiger partial charge in [0, 0.05) is 6.54 Å². The van der Waals surface area contributed by atoms with E-state index in [0.29, 0.717) is 6.54 Å². The molecule has 1 rings (SSSR count). The van der Waals surface area contributed by atoms with Crippen molar-refractivity contribution < 1.29 is 9.84 Å². The fraction of sp³-hybridized carbons (Fsp3) is 0.455. The minimum Gasteiger partial charge on any atom is -0.491 e. The van der Waals surface area contributed by atoms with Gasteiger partial charge in [0.25, 0.3) is 0 Å². The van der Waals surface area contributed by atoms with Crippen LogP contribution in [0.2, 0.25) is 0 Å². The lowest BCUT2D eigenvalue weighted by atomic mass is 10.1. The first-order chi connectivity index (χ1) is 7.13. The molecular weight excluding hydrogens is 192 g/mol. The highest BCUT2D eigenvalue weighted by Gasteiger charge is 2.06. The van der Waals surface area contributed by atoms with E-state index in [9.17, 15) is 5.11 Å². The van der Waals surface area contributed by atoms with Crippen LogP contribution in [0.5, 0.6) is 5.75 Å². The Hall–Kier alpha value is -1.10. The number of aliphatic hydroxyl groups excluding tert-OH is 1. The van der Waals surface area contributed by atoms with Crippen LogP contribution in [0.3, 0.4) is 0 Å². The maximum Gasteiger partial charge on any atom is 0.119 e. The Bertz CT molecular complexity index is 285. The van der Waals surface area contributed by atoms with Crippen LogP contribution in [-0.2, 0) is 0 Å². The van der Waals surface area contributed by atoms with Crippen LogP contribution in [0.25, 0.3) is 0 Å². The monoisotopic (exact) mass is 210 g/mol. The lowest BCUT2D eigenvalue weighted by Gasteiger charge is -2.12. The second-order valence-electron chi connectivity index (χ2n) is 3.66. The first-order valence-electron chi connectivity index (χ1n) is 5.01. The molecule has 0 spiro atoms. The Morgan fingerprint density at radius 3 is 2.40 bits per heavy atom. The van der Waals surface area contributed by atoms with Crippen LogP contribution in [0.15, 0.2) is 24.3 Å². The van der Waals surface area contributed by atoms with E-state index in [1.54, 1.807) is 0 Å². The summed E-state index contributed by atoms with van der Waals surface area (Å²) in [4.78, 5) is 0. The summed E-state index contributed by atoms with van der Waals surface area (Å²) in [5.74, 6) is 5.93. The van der Waals surface area contributed by atoms with Gasteiger partial charge < -0.3 is 9.84 Å². The molecule has 0 aromatic heterocycles. The molecule has 0 fully saturated rings. The Balaban J connectivity index is 2.63. The zero-order valence-electron chi connectivity index (χ0n) is 9.10. The van der Waals surface area contributed by atoms with Crippen molar-refractivity contribution in [3.05, 3.63) is 29.8 Å². The smallest absolute Gasteiger partial charge is 0.119 e. The quantitative estimate of drug-likeness (QED) is 0.500. The third-order valence-electron chi connectivity index (χ3n) is 1.95. The summed E-state index contributed by atoms with van der Waals surface area (Å²) in [5, 5.41) is 9.61. The number of hydrogen-bond donors (Lipinski definition) is 3. The van der Waals surface area contributed by atoms with E-state index in [2.05, 4.69) is 5.43 Å². The summed E-state index contributed by atoms with van der Waals surface area (Å²) < 4.78 is 5.49. The lowest BCUT2D eigenvalue weighted by molar-refractivity contribution is 0.175. The largest absolute Gasteiger partial charge is 0.491 e. The SMILES string of the molecule is CC(C)Oc1ccc(C(O)CNN)cc1. The third-order valence-corrected chi connectivity index (χ3v) is 1.95. The first-order valence-corrected chi connectivity index (χ1v) is 5.01. The van der Waals surface area contributed by atoms with E-state index in [1.807, 2.05) is 38.1 Å². The summed E-state index contributed by atoms with van der Waals surface area (Å²) >= 11 is 0. The summed E-state index contributed by atoms with van der Waals surface area (Å²) in [5.41, 5.74) is 3.25. The number of ether oxygens (including phenoxy) is 1. The van der Waals surface area contributed by atoms with Crippen molar-refractivity contribution in [1.29, 1.82) is 0 Å².